The molecule has 0 aromatic heterocycles. The van der Waals surface area contributed by atoms with Gasteiger partial charge in [0.25, 0.3) is 0 Å². The first kappa shape index (κ1) is 21.6. The number of amides is 1. The van der Waals surface area contributed by atoms with Gasteiger partial charge in [-0.2, -0.15) is 0 Å². The number of methoxy groups -OCH3 is 2. The molecule has 7 nitrogen and oxygen atoms in total. The van der Waals surface area contributed by atoms with Crippen molar-refractivity contribution in [2.45, 2.75) is 12.8 Å². The Balaban J connectivity index is 2.01. The fourth-order valence-electron chi connectivity index (χ4n) is 2.72. The van der Waals surface area contributed by atoms with Crippen LogP contribution in [0.15, 0.2) is 48.5 Å². The van der Waals surface area contributed by atoms with E-state index in [1.54, 1.807) is 18.2 Å². The number of nitrogens with zero attached hydrogens (tertiary/aromatic N) is 1. The quantitative estimate of drug-likeness (QED) is 0.612. The summed E-state index contributed by atoms with van der Waals surface area (Å²) in [5.74, 6) is 0.456. The summed E-state index contributed by atoms with van der Waals surface area (Å²) >= 11 is 0. The number of hydrogen-bond acceptors (Lipinski definition) is 5. The molecule has 0 fully saturated rings. The van der Waals surface area contributed by atoms with Crippen LogP contribution in [0.3, 0.4) is 0 Å². The molecule has 8 heteroatoms. The van der Waals surface area contributed by atoms with Gasteiger partial charge in [0.1, 0.15) is 18.0 Å². The summed E-state index contributed by atoms with van der Waals surface area (Å²) in [6, 6.07) is 14.7. The second-order valence-corrected chi connectivity index (χ2v) is 8.15. The Morgan fingerprint density at radius 1 is 1.07 bits per heavy atom. The molecule has 1 amide bonds. The number of carbonyl (C=O) groups is 1. The van der Waals surface area contributed by atoms with Gasteiger partial charge in [-0.25, -0.2) is 8.42 Å². The summed E-state index contributed by atoms with van der Waals surface area (Å²) in [7, 11) is -0.749. The number of aryl methyl sites for hydroxylation is 1. The van der Waals surface area contributed by atoms with Gasteiger partial charge in [0.05, 0.1) is 26.2 Å². The normalized spacial score (nSPS) is 11.0. The average molecular weight is 407 g/mol. The van der Waals surface area contributed by atoms with E-state index in [1.165, 1.54) is 19.8 Å². The minimum atomic E-state index is -3.69. The van der Waals surface area contributed by atoms with Gasteiger partial charge in [0, 0.05) is 12.6 Å². The Morgan fingerprint density at radius 3 is 2.39 bits per heavy atom. The molecule has 2 rings (SSSR count). The van der Waals surface area contributed by atoms with Crippen molar-refractivity contribution in [1.82, 2.24) is 5.32 Å². The lowest BCUT2D eigenvalue weighted by molar-refractivity contribution is -0.119. The highest BCUT2D eigenvalue weighted by molar-refractivity contribution is 7.92. The molecule has 152 valence electrons. The van der Waals surface area contributed by atoms with Crippen LogP contribution in [0, 0.1) is 0 Å². The predicted octanol–water partition coefficient (Wildman–Crippen LogP) is 2.22. The Hall–Kier alpha value is -2.74. The van der Waals surface area contributed by atoms with Gasteiger partial charge in [-0.3, -0.25) is 9.10 Å². The third-order valence-corrected chi connectivity index (χ3v) is 5.28. The van der Waals surface area contributed by atoms with Gasteiger partial charge in [-0.15, -0.1) is 0 Å². The fourth-order valence-corrected chi connectivity index (χ4v) is 3.58. The van der Waals surface area contributed by atoms with E-state index in [-0.39, 0.29) is 18.1 Å². The Bertz CT molecular complexity index is 885. The molecule has 0 saturated carbocycles. The average Bonchev–Trinajstić information content (AvgIpc) is 2.69. The van der Waals surface area contributed by atoms with Crippen LogP contribution in [0.25, 0.3) is 0 Å². The molecular weight excluding hydrogens is 380 g/mol. The fraction of sp³-hybridized carbons (Fsp3) is 0.350. The van der Waals surface area contributed by atoms with Gasteiger partial charge in [0.15, 0.2) is 0 Å². The highest BCUT2D eigenvalue weighted by Gasteiger charge is 2.24. The Labute approximate surface area is 166 Å². The molecule has 0 aliphatic rings. The Morgan fingerprint density at radius 2 is 1.79 bits per heavy atom. The first-order valence-electron chi connectivity index (χ1n) is 8.85. The monoisotopic (exact) mass is 406 g/mol. The molecule has 28 heavy (non-hydrogen) atoms. The number of carbonyl (C=O) groups excluding carboxylic acids is 1. The number of sulfonamides is 1. The third-order valence-electron chi connectivity index (χ3n) is 4.15. The molecular formula is C20H26N2O5S. The summed E-state index contributed by atoms with van der Waals surface area (Å²) < 4.78 is 36.0. The van der Waals surface area contributed by atoms with Crippen LogP contribution in [0.2, 0.25) is 0 Å². The van der Waals surface area contributed by atoms with Gasteiger partial charge in [-0.05, 0) is 30.5 Å². The lowest BCUT2D eigenvalue weighted by atomic mass is 10.1. The maximum absolute atomic E-state index is 12.3. The third kappa shape index (κ3) is 6.16. The molecule has 0 radical (unpaired) electrons. The molecule has 0 saturated heterocycles. The van der Waals surface area contributed by atoms with Crippen molar-refractivity contribution in [2.75, 3.05) is 37.9 Å². The van der Waals surface area contributed by atoms with Gasteiger partial charge >= 0.3 is 0 Å². The largest absolute Gasteiger partial charge is 0.497 e. The van der Waals surface area contributed by atoms with E-state index in [4.69, 9.17) is 9.47 Å². The zero-order valence-electron chi connectivity index (χ0n) is 16.3. The number of anilines is 1. The zero-order valence-corrected chi connectivity index (χ0v) is 17.2. The van der Waals surface area contributed by atoms with Crippen LogP contribution in [0.4, 0.5) is 5.69 Å². The van der Waals surface area contributed by atoms with Crippen LogP contribution in [-0.2, 0) is 21.2 Å². The van der Waals surface area contributed by atoms with Crippen molar-refractivity contribution < 1.29 is 22.7 Å². The van der Waals surface area contributed by atoms with Gasteiger partial charge in [0.2, 0.25) is 15.9 Å². The van der Waals surface area contributed by atoms with E-state index in [0.29, 0.717) is 18.0 Å². The lowest BCUT2D eigenvalue weighted by Crippen LogP contribution is -2.40. The van der Waals surface area contributed by atoms with Crippen LogP contribution >= 0.6 is 0 Å². The summed E-state index contributed by atoms with van der Waals surface area (Å²) in [6.45, 7) is 0.137. The number of benzene rings is 2. The Kier molecular flexibility index (Phi) is 7.69. The van der Waals surface area contributed by atoms with E-state index < -0.39 is 10.0 Å². The van der Waals surface area contributed by atoms with Crippen molar-refractivity contribution in [3.63, 3.8) is 0 Å². The van der Waals surface area contributed by atoms with E-state index in [0.717, 1.165) is 23.4 Å². The molecule has 0 aliphatic heterocycles. The van der Waals surface area contributed by atoms with Crippen LogP contribution < -0.4 is 19.1 Å². The first-order valence-corrected chi connectivity index (χ1v) is 10.7. The van der Waals surface area contributed by atoms with Crippen LogP contribution in [0.5, 0.6) is 11.5 Å². The maximum Gasteiger partial charge on any atom is 0.240 e. The number of hydrogen-bond donors (Lipinski definition) is 1. The summed E-state index contributed by atoms with van der Waals surface area (Å²) in [5.41, 5.74) is 1.47. The highest BCUT2D eigenvalue weighted by atomic mass is 32.2. The summed E-state index contributed by atoms with van der Waals surface area (Å²) in [5, 5.41) is 2.77. The zero-order chi connectivity index (χ0) is 20.6. The smallest absolute Gasteiger partial charge is 0.240 e. The minimum Gasteiger partial charge on any atom is -0.497 e. The minimum absolute atomic E-state index is 0.283. The van der Waals surface area contributed by atoms with Gasteiger partial charge < -0.3 is 14.8 Å². The molecule has 0 heterocycles. The number of nitrogens with one attached hydrogen (secondary N) is 1. The van der Waals surface area contributed by atoms with Crippen molar-refractivity contribution in [3.05, 3.63) is 54.1 Å². The SMILES string of the molecule is COc1ccc(N(CC(=O)NCCCc2ccccc2)S(C)(=O)=O)c(OC)c1. The van der Waals surface area contributed by atoms with Crippen molar-refractivity contribution in [3.8, 4) is 11.5 Å². The summed E-state index contributed by atoms with van der Waals surface area (Å²) in [4.78, 5) is 12.3. The van der Waals surface area contributed by atoms with Gasteiger partial charge in [-0.1, -0.05) is 30.3 Å². The van der Waals surface area contributed by atoms with Crippen molar-refractivity contribution in [1.29, 1.82) is 0 Å². The highest BCUT2D eigenvalue weighted by Crippen LogP contribution is 2.33. The molecule has 0 atom stereocenters. The molecule has 0 bridgehead atoms. The predicted molar refractivity (Wildman–Crippen MR) is 110 cm³/mol. The molecule has 2 aromatic rings. The van der Waals surface area contributed by atoms with Crippen LogP contribution in [0.1, 0.15) is 12.0 Å². The lowest BCUT2D eigenvalue weighted by Gasteiger charge is -2.24. The van der Waals surface area contributed by atoms with E-state index in [2.05, 4.69) is 5.32 Å². The number of ether oxygens (including phenoxy) is 2. The van der Waals surface area contributed by atoms with E-state index in [1.807, 2.05) is 30.3 Å². The molecule has 1 N–H and O–H groups in total. The van der Waals surface area contributed by atoms with Crippen molar-refractivity contribution >= 4 is 21.6 Å². The second-order valence-electron chi connectivity index (χ2n) is 6.25. The number of rotatable bonds is 10. The van der Waals surface area contributed by atoms with Crippen LogP contribution in [-0.4, -0.2) is 47.9 Å². The summed E-state index contributed by atoms with van der Waals surface area (Å²) in [6.07, 6.45) is 2.66. The first-order chi connectivity index (χ1) is 13.3. The van der Waals surface area contributed by atoms with E-state index >= 15 is 0 Å². The molecule has 0 unspecified atom stereocenters. The standard InChI is InChI=1S/C20H26N2O5S/c1-26-17-11-12-18(19(14-17)27-2)22(28(3,24)25)15-20(23)21-13-7-10-16-8-5-4-6-9-16/h4-6,8-9,11-12,14H,7,10,13,15H2,1-3H3,(H,21,23). The molecule has 0 spiro atoms. The second kappa shape index (κ2) is 9.98. The molecule has 0 aliphatic carbocycles. The van der Waals surface area contributed by atoms with E-state index in [9.17, 15) is 13.2 Å². The topological polar surface area (TPSA) is 84.9 Å². The van der Waals surface area contributed by atoms with Crippen molar-refractivity contribution in [2.24, 2.45) is 0 Å². The molecule has 2 aromatic carbocycles. The maximum atomic E-state index is 12.3.